The van der Waals surface area contributed by atoms with Crippen LogP contribution in [0, 0.1) is 5.92 Å². The van der Waals surface area contributed by atoms with E-state index >= 15 is 0 Å². The Morgan fingerprint density at radius 1 is 1.11 bits per heavy atom. The molecule has 0 saturated carbocycles. The maximum atomic E-state index is 11.7. The van der Waals surface area contributed by atoms with E-state index in [0.29, 0.717) is 0 Å². The number of piperidine rings is 1. The highest BCUT2D eigenvalue weighted by atomic mass is 16.5. The Morgan fingerprint density at radius 3 is 2.33 bits per heavy atom. The lowest BCUT2D eigenvalue weighted by Crippen LogP contribution is -2.46. The van der Waals surface area contributed by atoms with Gasteiger partial charge in [-0.05, 0) is 49.9 Å². The van der Waals surface area contributed by atoms with Gasteiger partial charge in [0.1, 0.15) is 0 Å². The van der Waals surface area contributed by atoms with Gasteiger partial charge in [0.25, 0.3) is 0 Å². The van der Waals surface area contributed by atoms with Gasteiger partial charge in [-0.2, -0.15) is 0 Å². The highest BCUT2D eigenvalue weighted by Crippen LogP contribution is 2.18. The molecule has 1 aromatic carbocycles. The summed E-state index contributed by atoms with van der Waals surface area (Å²) in [6, 6.07) is 8.88. The SMILES string of the molecule is CN=C(NCc1ccc(CN2CCCC2)cc1)N1CCC(C(=O)OC)CC1. The van der Waals surface area contributed by atoms with Crippen molar-refractivity contribution in [2.75, 3.05) is 40.3 Å². The van der Waals surface area contributed by atoms with Crippen molar-refractivity contribution in [1.82, 2.24) is 15.1 Å². The molecule has 2 aliphatic heterocycles. The minimum Gasteiger partial charge on any atom is -0.469 e. The molecule has 0 aliphatic carbocycles. The van der Waals surface area contributed by atoms with Crippen LogP contribution >= 0.6 is 0 Å². The molecule has 0 spiro atoms. The molecule has 148 valence electrons. The molecule has 2 fully saturated rings. The number of likely N-dealkylation sites (tertiary alicyclic amines) is 2. The lowest BCUT2D eigenvalue weighted by Gasteiger charge is -2.33. The number of rotatable bonds is 5. The molecule has 2 saturated heterocycles. The number of aliphatic imine (C=N–C) groups is 1. The van der Waals surface area contributed by atoms with Crippen molar-refractivity contribution >= 4 is 11.9 Å². The van der Waals surface area contributed by atoms with Crippen LogP contribution in [0.2, 0.25) is 0 Å². The van der Waals surface area contributed by atoms with Gasteiger partial charge in [0, 0.05) is 33.2 Å². The monoisotopic (exact) mass is 372 g/mol. The standard InChI is InChI=1S/C21H32N4O2/c1-22-21(25-13-9-19(10-14-25)20(26)27-2)23-15-17-5-7-18(8-6-17)16-24-11-3-4-12-24/h5-8,19H,3-4,9-16H2,1-2H3,(H,22,23). The molecule has 0 atom stereocenters. The van der Waals surface area contributed by atoms with Crippen LogP contribution in [0.1, 0.15) is 36.8 Å². The summed E-state index contributed by atoms with van der Waals surface area (Å²) in [6.07, 6.45) is 4.30. The van der Waals surface area contributed by atoms with Crippen molar-refractivity contribution in [3.63, 3.8) is 0 Å². The summed E-state index contributed by atoms with van der Waals surface area (Å²) in [5.74, 6) is 0.832. The van der Waals surface area contributed by atoms with Crippen LogP contribution in [-0.2, 0) is 22.6 Å². The number of nitrogens with zero attached hydrogens (tertiary/aromatic N) is 3. The molecule has 0 radical (unpaired) electrons. The lowest BCUT2D eigenvalue weighted by molar-refractivity contribution is -0.146. The van der Waals surface area contributed by atoms with Gasteiger partial charge in [0.05, 0.1) is 13.0 Å². The van der Waals surface area contributed by atoms with Crippen molar-refractivity contribution in [3.05, 3.63) is 35.4 Å². The number of esters is 1. The van der Waals surface area contributed by atoms with Crippen LogP contribution in [0.25, 0.3) is 0 Å². The molecular weight excluding hydrogens is 340 g/mol. The predicted molar refractivity (Wildman–Crippen MR) is 107 cm³/mol. The number of guanidine groups is 1. The van der Waals surface area contributed by atoms with Crippen molar-refractivity contribution in [3.8, 4) is 0 Å². The first-order valence-corrected chi connectivity index (χ1v) is 10.0. The summed E-state index contributed by atoms with van der Waals surface area (Å²) in [6.45, 7) is 5.93. The Labute approximate surface area is 162 Å². The van der Waals surface area contributed by atoms with Crippen LogP contribution in [0.4, 0.5) is 0 Å². The molecule has 0 aromatic heterocycles. The fourth-order valence-corrected chi connectivity index (χ4v) is 3.97. The molecule has 6 nitrogen and oxygen atoms in total. The van der Waals surface area contributed by atoms with E-state index in [0.717, 1.165) is 45.0 Å². The van der Waals surface area contributed by atoms with Crippen molar-refractivity contribution < 1.29 is 9.53 Å². The molecule has 1 aromatic rings. The van der Waals surface area contributed by atoms with Gasteiger partial charge in [-0.25, -0.2) is 0 Å². The third-order valence-electron chi connectivity index (χ3n) is 5.62. The zero-order chi connectivity index (χ0) is 19.1. The first-order chi connectivity index (χ1) is 13.2. The van der Waals surface area contributed by atoms with Gasteiger partial charge in [0.2, 0.25) is 0 Å². The minimum absolute atomic E-state index is 0.0208. The van der Waals surface area contributed by atoms with Gasteiger partial charge in [-0.1, -0.05) is 24.3 Å². The summed E-state index contributed by atoms with van der Waals surface area (Å²) < 4.78 is 4.86. The minimum atomic E-state index is -0.0911. The van der Waals surface area contributed by atoms with Crippen molar-refractivity contribution in [2.24, 2.45) is 10.9 Å². The fraction of sp³-hybridized carbons (Fsp3) is 0.619. The fourth-order valence-electron chi connectivity index (χ4n) is 3.97. The summed E-state index contributed by atoms with van der Waals surface area (Å²) >= 11 is 0. The van der Waals surface area contributed by atoms with Crippen molar-refractivity contribution in [2.45, 2.75) is 38.8 Å². The number of carbonyl (C=O) groups excluding carboxylic acids is 1. The highest BCUT2D eigenvalue weighted by Gasteiger charge is 2.26. The molecule has 3 rings (SSSR count). The van der Waals surface area contributed by atoms with E-state index in [-0.39, 0.29) is 11.9 Å². The average molecular weight is 373 g/mol. The summed E-state index contributed by atoms with van der Waals surface area (Å²) in [5.41, 5.74) is 2.64. The Bertz CT molecular complexity index is 630. The molecule has 2 aliphatic rings. The molecule has 27 heavy (non-hydrogen) atoms. The van der Waals surface area contributed by atoms with E-state index < -0.39 is 0 Å². The zero-order valence-electron chi connectivity index (χ0n) is 16.6. The van der Waals surface area contributed by atoms with Crippen LogP contribution in [0.15, 0.2) is 29.3 Å². The number of hydrogen-bond acceptors (Lipinski definition) is 4. The van der Waals surface area contributed by atoms with Crippen LogP contribution in [-0.4, -0.2) is 62.1 Å². The largest absolute Gasteiger partial charge is 0.469 e. The maximum absolute atomic E-state index is 11.7. The first kappa shape index (κ1) is 19.7. The number of carbonyl (C=O) groups is 1. The summed E-state index contributed by atoms with van der Waals surface area (Å²) in [4.78, 5) is 20.8. The Balaban J connectivity index is 1.46. The molecule has 0 bridgehead atoms. The Kier molecular flexibility index (Phi) is 7.10. The molecule has 6 heteroatoms. The zero-order valence-corrected chi connectivity index (χ0v) is 16.6. The smallest absolute Gasteiger partial charge is 0.308 e. The van der Waals surface area contributed by atoms with E-state index in [9.17, 15) is 4.79 Å². The number of methoxy groups -OCH3 is 1. The van der Waals surface area contributed by atoms with Crippen LogP contribution in [0.5, 0.6) is 0 Å². The van der Waals surface area contributed by atoms with E-state index in [2.05, 4.69) is 44.4 Å². The molecule has 2 heterocycles. The third-order valence-corrected chi connectivity index (χ3v) is 5.62. The van der Waals surface area contributed by atoms with E-state index in [4.69, 9.17) is 4.74 Å². The number of hydrogen-bond donors (Lipinski definition) is 1. The molecule has 0 amide bonds. The Morgan fingerprint density at radius 2 is 1.74 bits per heavy atom. The second kappa shape index (κ2) is 9.74. The van der Waals surface area contributed by atoms with Gasteiger partial charge in [-0.15, -0.1) is 0 Å². The summed E-state index contributed by atoms with van der Waals surface area (Å²) in [5, 5.41) is 3.46. The lowest BCUT2D eigenvalue weighted by atomic mass is 9.97. The molecule has 1 N–H and O–H groups in total. The Hall–Kier alpha value is -2.08. The first-order valence-electron chi connectivity index (χ1n) is 10.0. The highest BCUT2D eigenvalue weighted by molar-refractivity contribution is 5.80. The van der Waals surface area contributed by atoms with E-state index in [1.807, 2.05) is 7.05 Å². The van der Waals surface area contributed by atoms with E-state index in [1.165, 1.54) is 44.2 Å². The maximum Gasteiger partial charge on any atom is 0.308 e. The molecule has 0 unspecified atom stereocenters. The summed E-state index contributed by atoms with van der Waals surface area (Å²) in [7, 11) is 3.28. The third kappa shape index (κ3) is 5.45. The van der Waals surface area contributed by atoms with Crippen molar-refractivity contribution in [1.29, 1.82) is 0 Å². The second-order valence-electron chi connectivity index (χ2n) is 7.48. The van der Waals surface area contributed by atoms with Crippen LogP contribution < -0.4 is 5.32 Å². The van der Waals surface area contributed by atoms with Gasteiger partial charge >= 0.3 is 5.97 Å². The number of benzene rings is 1. The van der Waals surface area contributed by atoms with Gasteiger partial charge in [0.15, 0.2) is 5.96 Å². The normalized spacial score (nSPS) is 19.3. The second-order valence-corrected chi connectivity index (χ2v) is 7.48. The number of ether oxygens (including phenoxy) is 1. The van der Waals surface area contributed by atoms with Crippen LogP contribution in [0.3, 0.4) is 0 Å². The predicted octanol–water partition coefficient (Wildman–Crippen LogP) is 2.24. The quantitative estimate of drug-likeness (QED) is 0.488. The topological polar surface area (TPSA) is 57.2 Å². The van der Waals surface area contributed by atoms with E-state index in [1.54, 1.807) is 0 Å². The van der Waals surface area contributed by atoms with Gasteiger partial charge in [-0.3, -0.25) is 14.7 Å². The number of nitrogens with one attached hydrogen (secondary N) is 1. The average Bonchev–Trinajstić information content (AvgIpc) is 3.22. The van der Waals surface area contributed by atoms with Gasteiger partial charge < -0.3 is 15.0 Å². The molecular formula is C21H32N4O2.